The Kier molecular flexibility index (Phi) is 3.74. The van der Waals surface area contributed by atoms with E-state index in [1.165, 1.54) is 17.5 Å². The van der Waals surface area contributed by atoms with Crippen molar-refractivity contribution >= 4 is 39.4 Å². The molecular formula is C14H12N4O2S. The topological polar surface area (TPSA) is 80.9 Å². The van der Waals surface area contributed by atoms with Crippen LogP contribution in [0.15, 0.2) is 34.9 Å². The molecule has 0 atom stereocenters. The van der Waals surface area contributed by atoms with Crippen molar-refractivity contribution in [1.29, 1.82) is 0 Å². The van der Waals surface area contributed by atoms with Gasteiger partial charge in [-0.15, -0.1) is 10.2 Å². The van der Waals surface area contributed by atoms with Gasteiger partial charge in [0.15, 0.2) is 11.9 Å². The van der Waals surface area contributed by atoms with Gasteiger partial charge in [0.2, 0.25) is 11.0 Å². The number of carbonyl (C=O) groups excluding carboxylic acids is 1. The van der Waals surface area contributed by atoms with Crippen LogP contribution in [-0.2, 0) is 11.2 Å². The second kappa shape index (κ2) is 5.84. The van der Waals surface area contributed by atoms with E-state index in [2.05, 4.69) is 20.5 Å². The molecule has 106 valence electrons. The maximum absolute atomic E-state index is 11.2. The number of nitrogens with one attached hydrogen (secondary N) is 1. The number of hydrogen-bond acceptors (Lipinski definition) is 7. The van der Waals surface area contributed by atoms with Crippen molar-refractivity contribution in [2.24, 2.45) is 0 Å². The number of hydrogen-bond donors (Lipinski definition) is 1. The monoisotopic (exact) mass is 300 g/mol. The summed E-state index contributed by atoms with van der Waals surface area (Å²) in [5.41, 5.74) is 1.67. The molecule has 0 bridgehead atoms. The molecule has 0 aliphatic carbocycles. The molecule has 0 fully saturated rings. The molecule has 0 aliphatic heterocycles. The molecule has 3 rings (SSSR count). The van der Waals surface area contributed by atoms with Crippen LogP contribution in [0.3, 0.4) is 0 Å². The molecule has 0 amide bonds. The Morgan fingerprint density at radius 3 is 2.95 bits per heavy atom. The Bertz CT molecular complexity index is 773. The van der Waals surface area contributed by atoms with Crippen LogP contribution in [0.2, 0.25) is 0 Å². The molecule has 0 unspecified atom stereocenters. The SMILES string of the molecule is CCc1nnc(NC=C(C=O)c2nc3ccccc3o2)s1. The summed E-state index contributed by atoms with van der Waals surface area (Å²) in [6, 6.07) is 7.36. The van der Waals surface area contributed by atoms with E-state index >= 15 is 0 Å². The zero-order chi connectivity index (χ0) is 14.7. The number of fused-ring (bicyclic) bond motifs is 1. The van der Waals surface area contributed by atoms with Crippen molar-refractivity contribution in [2.45, 2.75) is 13.3 Å². The predicted octanol–water partition coefficient (Wildman–Crippen LogP) is 2.89. The van der Waals surface area contributed by atoms with Gasteiger partial charge in [0.05, 0.1) is 5.57 Å². The van der Waals surface area contributed by atoms with Gasteiger partial charge in [-0.2, -0.15) is 0 Å². The van der Waals surface area contributed by atoms with Crippen LogP contribution in [0.4, 0.5) is 5.13 Å². The van der Waals surface area contributed by atoms with Crippen LogP contribution in [0.5, 0.6) is 0 Å². The number of nitrogens with zero attached hydrogens (tertiary/aromatic N) is 3. The average Bonchev–Trinajstić information content (AvgIpc) is 3.14. The summed E-state index contributed by atoms with van der Waals surface area (Å²) < 4.78 is 5.55. The van der Waals surface area contributed by atoms with Crippen LogP contribution in [-0.4, -0.2) is 21.5 Å². The molecular weight excluding hydrogens is 288 g/mol. The van der Waals surface area contributed by atoms with Gasteiger partial charge in [-0.1, -0.05) is 30.4 Å². The van der Waals surface area contributed by atoms with Crippen molar-refractivity contribution in [3.05, 3.63) is 41.4 Å². The number of carbonyl (C=O) groups is 1. The molecule has 7 heteroatoms. The molecule has 0 aliphatic rings. The summed E-state index contributed by atoms with van der Waals surface area (Å²) in [6.07, 6.45) is 3.05. The Morgan fingerprint density at radius 1 is 1.38 bits per heavy atom. The number of aromatic nitrogens is 3. The van der Waals surface area contributed by atoms with Gasteiger partial charge in [-0.3, -0.25) is 4.79 Å². The van der Waals surface area contributed by atoms with Crippen molar-refractivity contribution in [1.82, 2.24) is 15.2 Å². The first-order valence-corrected chi connectivity index (χ1v) is 7.22. The highest BCUT2D eigenvalue weighted by Gasteiger charge is 2.10. The fraction of sp³-hybridized carbons (Fsp3) is 0.143. The van der Waals surface area contributed by atoms with Gasteiger partial charge in [0.1, 0.15) is 10.5 Å². The zero-order valence-corrected chi connectivity index (χ0v) is 12.1. The van der Waals surface area contributed by atoms with E-state index in [-0.39, 0.29) is 5.89 Å². The van der Waals surface area contributed by atoms with Crippen LogP contribution in [0.1, 0.15) is 17.8 Å². The summed E-state index contributed by atoms with van der Waals surface area (Å²) >= 11 is 1.44. The Balaban J connectivity index is 1.86. The number of benzene rings is 1. The van der Waals surface area contributed by atoms with E-state index in [9.17, 15) is 4.79 Å². The standard InChI is InChI=1S/C14H12N4O2S/c1-2-12-17-18-14(21-12)15-7-9(8-19)13-16-10-5-3-4-6-11(10)20-13/h3-8H,2H2,1H3,(H,15,18). The lowest BCUT2D eigenvalue weighted by molar-refractivity contribution is -0.103. The molecule has 1 aromatic carbocycles. The first-order valence-electron chi connectivity index (χ1n) is 6.40. The molecule has 0 saturated carbocycles. The normalized spacial score (nSPS) is 11.8. The van der Waals surface area contributed by atoms with Gasteiger partial charge in [0.25, 0.3) is 0 Å². The number of para-hydroxylation sites is 2. The highest BCUT2D eigenvalue weighted by molar-refractivity contribution is 7.15. The number of allylic oxidation sites excluding steroid dienone is 1. The summed E-state index contributed by atoms with van der Waals surface area (Å²) in [4.78, 5) is 15.5. The van der Waals surface area contributed by atoms with Gasteiger partial charge in [-0.05, 0) is 18.6 Å². The maximum Gasteiger partial charge on any atom is 0.232 e. The van der Waals surface area contributed by atoms with Crippen molar-refractivity contribution in [3.63, 3.8) is 0 Å². The molecule has 2 aromatic heterocycles. The largest absolute Gasteiger partial charge is 0.436 e. The molecule has 2 heterocycles. The molecule has 1 N–H and O–H groups in total. The predicted molar refractivity (Wildman–Crippen MR) is 81.0 cm³/mol. The summed E-state index contributed by atoms with van der Waals surface area (Å²) in [6.45, 7) is 2.01. The van der Waals surface area contributed by atoms with Crippen molar-refractivity contribution in [3.8, 4) is 0 Å². The molecule has 6 nitrogen and oxygen atoms in total. The zero-order valence-electron chi connectivity index (χ0n) is 11.2. The van der Waals surface area contributed by atoms with Crippen LogP contribution >= 0.6 is 11.3 Å². The summed E-state index contributed by atoms with van der Waals surface area (Å²) in [5, 5.41) is 12.5. The van der Waals surface area contributed by atoms with E-state index in [0.717, 1.165) is 11.4 Å². The maximum atomic E-state index is 11.2. The average molecular weight is 300 g/mol. The van der Waals surface area contributed by atoms with Gasteiger partial charge in [-0.25, -0.2) is 4.98 Å². The van der Waals surface area contributed by atoms with E-state index in [1.54, 1.807) is 6.07 Å². The second-order valence-corrected chi connectivity index (χ2v) is 5.27. The summed E-state index contributed by atoms with van der Waals surface area (Å²) in [7, 11) is 0. The van der Waals surface area contributed by atoms with Gasteiger partial charge >= 0.3 is 0 Å². The highest BCUT2D eigenvalue weighted by Crippen LogP contribution is 2.21. The minimum atomic E-state index is 0.277. The quantitative estimate of drug-likeness (QED) is 0.576. The van der Waals surface area contributed by atoms with Crippen LogP contribution in [0, 0.1) is 0 Å². The lowest BCUT2D eigenvalue weighted by atomic mass is 10.3. The molecule has 0 spiro atoms. The minimum absolute atomic E-state index is 0.277. The summed E-state index contributed by atoms with van der Waals surface area (Å²) in [5.74, 6) is 0.277. The van der Waals surface area contributed by atoms with Crippen molar-refractivity contribution in [2.75, 3.05) is 5.32 Å². The number of aldehydes is 1. The fourth-order valence-electron chi connectivity index (χ4n) is 1.74. The lowest BCUT2D eigenvalue weighted by Crippen LogP contribution is -1.93. The second-order valence-electron chi connectivity index (χ2n) is 4.20. The molecule has 21 heavy (non-hydrogen) atoms. The Labute approximate surface area is 124 Å². The van der Waals surface area contributed by atoms with E-state index < -0.39 is 0 Å². The minimum Gasteiger partial charge on any atom is -0.436 e. The van der Waals surface area contributed by atoms with E-state index in [0.29, 0.717) is 28.1 Å². The van der Waals surface area contributed by atoms with Crippen molar-refractivity contribution < 1.29 is 9.21 Å². The number of oxazole rings is 1. The lowest BCUT2D eigenvalue weighted by Gasteiger charge is -1.95. The van der Waals surface area contributed by atoms with Crippen LogP contribution < -0.4 is 5.32 Å². The molecule has 3 aromatic rings. The molecule has 0 saturated heterocycles. The van der Waals surface area contributed by atoms with E-state index in [1.807, 2.05) is 25.1 Å². The van der Waals surface area contributed by atoms with Gasteiger partial charge in [0, 0.05) is 6.20 Å². The first kappa shape index (κ1) is 13.4. The highest BCUT2D eigenvalue weighted by atomic mass is 32.1. The first-order chi connectivity index (χ1) is 10.3. The number of aryl methyl sites for hydroxylation is 1. The fourth-order valence-corrected chi connectivity index (χ4v) is 2.38. The molecule has 0 radical (unpaired) electrons. The van der Waals surface area contributed by atoms with E-state index in [4.69, 9.17) is 4.42 Å². The Hall–Kier alpha value is -2.54. The Morgan fingerprint density at radius 2 is 2.24 bits per heavy atom. The third-order valence-corrected chi connectivity index (χ3v) is 3.79. The third kappa shape index (κ3) is 2.82. The number of rotatable bonds is 5. The number of anilines is 1. The smallest absolute Gasteiger partial charge is 0.232 e. The van der Waals surface area contributed by atoms with Crippen LogP contribution in [0.25, 0.3) is 16.7 Å². The third-order valence-electron chi connectivity index (χ3n) is 2.79. The van der Waals surface area contributed by atoms with Gasteiger partial charge < -0.3 is 9.73 Å².